The van der Waals surface area contributed by atoms with Crippen LogP contribution in [-0.4, -0.2) is 20.3 Å². The highest BCUT2D eigenvalue weighted by Gasteiger charge is 1.95. The van der Waals surface area contributed by atoms with Crippen LogP contribution in [0.15, 0.2) is 6.20 Å². The third-order valence-electron chi connectivity index (χ3n) is 1.16. The molecule has 9 heavy (non-hydrogen) atoms. The summed E-state index contributed by atoms with van der Waals surface area (Å²) in [4.78, 5) is 0. The van der Waals surface area contributed by atoms with E-state index < -0.39 is 0 Å². The maximum atomic E-state index is 3.78. The first kappa shape index (κ1) is 6.74. The average Bonchev–Trinajstić information content (AvgIpc) is 2.18. The van der Waals surface area contributed by atoms with E-state index in [1.807, 2.05) is 7.05 Å². The predicted octanol–water partition coefficient (Wildman–Crippen LogP) is 0.753. The Morgan fingerprint density at radius 1 is 1.78 bits per heavy atom. The number of rotatable bonds is 2. The lowest BCUT2D eigenvalue weighted by atomic mass is 10.4. The molecule has 0 amide bonds. The maximum absolute atomic E-state index is 3.78. The van der Waals surface area contributed by atoms with E-state index in [-0.39, 0.29) is 0 Å². The summed E-state index contributed by atoms with van der Waals surface area (Å²) in [6, 6.07) is 0. The number of halogens is 1. The van der Waals surface area contributed by atoms with Gasteiger partial charge < -0.3 is 0 Å². The first-order valence-corrected chi connectivity index (χ1v) is 3.86. The number of nitrogens with zero attached hydrogens (tertiary/aromatic N) is 3. The van der Waals surface area contributed by atoms with Crippen molar-refractivity contribution in [1.82, 2.24) is 15.0 Å². The summed E-state index contributed by atoms with van der Waals surface area (Å²) in [6.07, 6.45) is 2.77. The molecule has 0 radical (unpaired) electrons. The lowest BCUT2D eigenvalue weighted by Gasteiger charge is -1.93. The predicted molar refractivity (Wildman–Crippen MR) is 38.5 cm³/mol. The fraction of sp³-hybridized carbons (Fsp3) is 0.600. The molecule has 3 nitrogen and oxygen atoms in total. The van der Waals surface area contributed by atoms with Crippen LogP contribution in [0.1, 0.15) is 5.69 Å². The quantitative estimate of drug-likeness (QED) is 0.644. The summed E-state index contributed by atoms with van der Waals surface area (Å²) < 4.78 is 1.78. The minimum atomic E-state index is 0.966. The van der Waals surface area contributed by atoms with E-state index in [9.17, 15) is 0 Å². The van der Waals surface area contributed by atoms with Gasteiger partial charge in [0, 0.05) is 18.8 Å². The second kappa shape index (κ2) is 2.96. The van der Waals surface area contributed by atoms with Crippen LogP contribution in [0.4, 0.5) is 0 Å². The maximum Gasteiger partial charge on any atom is 0.0725 e. The highest BCUT2D eigenvalue weighted by Crippen LogP contribution is 1.96. The number of hydrogen-bond acceptors (Lipinski definition) is 2. The first-order chi connectivity index (χ1) is 4.34. The van der Waals surface area contributed by atoms with E-state index in [2.05, 4.69) is 26.2 Å². The van der Waals surface area contributed by atoms with Crippen molar-refractivity contribution < 1.29 is 0 Å². The van der Waals surface area contributed by atoms with Crippen molar-refractivity contribution in [3.63, 3.8) is 0 Å². The molecule has 0 saturated carbocycles. The molecule has 0 aliphatic rings. The van der Waals surface area contributed by atoms with Crippen molar-refractivity contribution in [3.8, 4) is 0 Å². The van der Waals surface area contributed by atoms with E-state index in [1.165, 1.54) is 0 Å². The van der Waals surface area contributed by atoms with Crippen molar-refractivity contribution in [2.75, 3.05) is 5.33 Å². The standard InChI is InChI=1S/C5H8BrN3/c1-9-5(2-3-6)4-7-8-9/h4H,2-3H2,1H3. The second-order valence-corrected chi connectivity index (χ2v) is 2.58. The van der Waals surface area contributed by atoms with Gasteiger partial charge in [-0.25, -0.2) is 0 Å². The lowest BCUT2D eigenvalue weighted by Crippen LogP contribution is -1.98. The molecule has 1 aromatic heterocycles. The molecule has 1 heterocycles. The SMILES string of the molecule is Cn1nncc1CCBr. The molecule has 0 bridgehead atoms. The number of aromatic nitrogens is 3. The lowest BCUT2D eigenvalue weighted by molar-refractivity contribution is 0.683. The minimum absolute atomic E-state index is 0.966. The summed E-state index contributed by atoms with van der Waals surface area (Å²) in [6.45, 7) is 0. The Hall–Kier alpha value is -0.380. The van der Waals surface area contributed by atoms with Gasteiger partial charge in [-0.1, -0.05) is 21.1 Å². The molecule has 1 rings (SSSR count). The van der Waals surface area contributed by atoms with Crippen molar-refractivity contribution in [2.24, 2.45) is 7.05 Å². The third kappa shape index (κ3) is 1.51. The average molecular weight is 190 g/mol. The Morgan fingerprint density at radius 2 is 2.56 bits per heavy atom. The number of hydrogen-bond donors (Lipinski definition) is 0. The minimum Gasteiger partial charge on any atom is -0.252 e. The molecule has 4 heteroatoms. The molecule has 0 unspecified atom stereocenters. The van der Waals surface area contributed by atoms with E-state index in [0.717, 1.165) is 17.4 Å². The van der Waals surface area contributed by atoms with Crippen molar-refractivity contribution in [3.05, 3.63) is 11.9 Å². The van der Waals surface area contributed by atoms with Crippen LogP contribution in [0.3, 0.4) is 0 Å². The molecular formula is C5H8BrN3. The van der Waals surface area contributed by atoms with Crippen LogP contribution < -0.4 is 0 Å². The van der Waals surface area contributed by atoms with Crippen molar-refractivity contribution >= 4 is 15.9 Å². The van der Waals surface area contributed by atoms with Gasteiger partial charge in [0.15, 0.2) is 0 Å². The Labute approximate surface area is 62.2 Å². The highest BCUT2D eigenvalue weighted by molar-refractivity contribution is 9.09. The van der Waals surface area contributed by atoms with E-state index >= 15 is 0 Å². The van der Waals surface area contributed by atoms with Gasteiger partial charge in [-0.15, -0.1) is 5.10 Å². The largest absolute Gasteiger partial charge is 0.252 e. The monoisotopic (exact) mass is 189 g/mol. The Bertz CT molecular complexity index is 184. The molecule has 0 N–H and O–H groups in total. The molecule has 0 atom stereocenters. The van der Waals surface area contributed by atoms with Crippen LogP contribution in [0.5, 0.6) is 0 Å². The molecule has 0 aliphatic carbocycles. The van der Waals surface area contributed by atoms with Gasteiger partial charge in [0.2, 0.25) is 0 Å². The second-order valence-electron chi connectivity index (χ2n) is 1.79. The third-order valence-corrected chi connectivity index (χ3v) is 1.56. The Balaban J connectivity index is 2.69. The molecule has 1 aromatic rings. The summed E-state index contributed by atoms with van der Waals surface area (Å²) in [5.41, 5.74) is 1.16. The number of alkyl halides is 1. The summed E-state index contributed by atoms with van der Waals surface area (Å²) in [7, 11) is 1.89. The summed E-state index contributed by atoms with van der Waals surface area (Å²) in [5.74, 6) is 0. The topological polar surface area (TPSA) is 30.7 Å². The van der Waals surface area contributed by atoms with E-state index in [1.54, 1.807) is 10.9 Å². The van der Waals surface area contributed by atoms with Gasteiger partial charge in [0.1, 0.15) is 0 Å². The van der Waals surface area contributed by atoms with Crippen LogP contribution in [0.25, 0.3) is 0 Å². The van der Waals surface area contributed by atoms with Crippen LogP contribution in [-0.2, 0) is 13.5 Å². The van der Waals surface area contributed by atoms with Crippen LogP contribution >= 0.6 is 15.9 Å². The van der Waals surface area contributed by atoms with Gasteiger partial charge in [-0.2, -0.15) is 0 Å². The molecule has 0 spiro atoms. The molecule has 0 aromatic carbocycles. The molecule has 50 valence electrons. The van der Waals surface area contributed by atoms with Crippen LogP contribution in [0, 0.1) is 0 Å². The zero-order chi connectivity index (χ0) is 6.69. The fourth-order valence-corrected chi connectivity index (χ4v) is 1.04. The van der Waals surface area contributed by atoms with Gasteiger partial charge >= 0.3 is 0 Å². The van der Waals surface area contributed by atoms with Crippen molar-refractivity contribution in [2.45, 2.75) is 6.42 Å². The highest BCUT2D eigenvalue weighted by atomic mass is 79.9. The smallest absolute Gasteiger partial charge is 0.0725 e. The molecule has 0 saturated heterocycles. The van der Waals surface area contributed by atoms with E-state index in [4.69, 9.17) is 0 Å². The zero-order valence-electron chi connectivity index (χ0n) is 5.21. The zero-order valence-corrected chi connectivity index (χ0v) is 6.80. The summed E-state index contributed by atoms with van der Waals surface area (Å²) in [5, 5.41) is 8.48. The van der Waals surface area contributed by atoms with Gasteiger partial charge in [-0.05, 0) is 0 Å². The Kier molecular flexibility index (Phi) is 2.22. The van der Waals surface area contributed by atoms with Gasteiger partial charge in [0.05, 0.1) is 11.9 Å². The van der Waals surface area contributed by atoms with Crippen LogP contribution in [0.2, 0.25) is 0 Å². The Morgan fingerprint density at radius 3 is 3.00 bits per heavy atom. The molecule has 0 aliphatic heterocycles. The normalized spacial score (nSPS) is 10.0. The van der Waals surface area contributed by atoms with Crippen molar-refractivity contribution in [1.29, 1.82) is 0 Å². The summed E-state index contributed by atoms with van der Waals surface area (Å²) >= 11 is 3.34. The first-order valence-electron chi connectivity index (χ1n) is 2.74. The van der Waals surface area contributed by atoms with Gasteiger partial charge in [-0.3, -0.25) is 4.68 Å². The molecular weight excluding hydrogens is 182 g/mol. The molecule has 0 fully saturated rings. The van der Waals surface area contributed by atoms with E-state index in [0.29, 0.717) is 0 Å². The van der Waals surface area contributed by atoms with Gasteiger partial charge in [0.25, 0.3) is 0 Å². The number of aryl methyl sites for hydroxylation is 2. The fourth-order valence-electron chi connectivity index (χ4n) is 0.634.